The number of hydrogen-bond donors (Lipinski definition) is 2. The molecule has 1 saturated carbocycles. The zero-order chi connectivity index (χ0) is 18.7. The minimum Gasteiger partial charge on any atom is -0.348 e. The van der Waals surface area contributed by atoms with Crippen LogP contribution in [0.15, 0.2) is 24.3 Å². The Labute approximate surface area is 145 Å². The van der Waals surface area contributed by atoms with Crippen molar-refractivity contribution in [3.63, 3.8) is 0 Å². The van der Waals surface area contributed by atoms with E-state index in [-0.39, 0.29) is 11.8 Å². The molecule has 1 fully saturated rings. The summed E-state index contributed by atoms with van der Waals surface area (Å²) in [5.74, 6) is -0.547. The van der Waals surface area contributed by atoms with Gasteiger partial charge in [0.2, 0.25) is 11.8 Å². The second-order valence-corrected chi connectivity index (χ2v) is 6.64. The third-order valence-corrected chi connectivity index (χ3v) is 4.64. The Hall–Kier alpha value is -2.05. The number of carbonyl (C=O) groups is 2. The lowest BCUT2D eigenvalue weighted by molar-refractivity contribution is -0.137. The molecule has 1 aliphatic carbocycles. The number of benzene rings is 1. The number of alkyl halides is 3. The lowest BCUT2D eigenvalue weighted by atomic mass is 9.80. The van der Waals surface area contributed by atoms with Gasteiger partial charge in [-0.3, -0.25) is 9.59 Å². The van der Waals surface area contributed by atoms with E-state index in [4.69, 9.17) is 0 Å². The third kappa shape index (κ3) is 4.74. The number of carbonyl (C=O) groups excluding carboxylic acids is 2. The van der Waals surface area contributed by atoms with E-state index in [1.807, 2.05) is 0 Å². The highest BCUT2D eigenvalue weighted by molar-refractivity contribution is 5.91. The molecule has 2 N–H and O–H groups in total. The standard InChI is InChI=1S/C18H23F3N2O2/c1-12(14-6-8-15(9-7-14)18(19,20)21)22-16(25)17(23-13(2)24)10-4-3-5-11-17/h6-9,12H,3-5,10-11H2,1-2H3,(H,22,25)(H,23,24). The number of nitrogens with one attached hydrogen (secondary N) is 2. The first kappa shape index (κ1) is 19.3. The van der Waals surface area contributed by atoms with Gasteiger partial charge in [-0.05, 0) is 37.5 Å². The van der Waals surface area contributed by atoms with Gasteiger partial charge in [-0.1, -0.05) is 31.4 Å². The lowest BCUT2D eigenvalue weighted by Gasteiger charge is -2.37. The molecule has 1 aromatic carbocycles. The number of hydrogen-bond acceptors (Lipinski definition) is 2. The molecule has 1 atom stereocenters. The number of halogens is 3. The molecule has 1 aromatic rings. The first-order chi connectivity index (χ1) is 11.6. The van der Waals surface area contributed by atoms with Gasteiger partial charge in [0, 0.05) is 6.92 Å². The van der Waals surface area contributed by atoms with E-state index >= 15 is 0 Å². The van der Waals surface area contributed by atoms with Gasteiger partial charge in [0.15, 0.2) is 0 Å². The predicted molar refractivity (Wildman–Crippen MR) is 87.6 cm³/mol. The van der Waals surface area contributed by atoms with Crippen LogP contribution in [-0.2, 0) is 15.8 Å². The van der Waals surface area contributed by atoms with Crippen molar-refractivity contribution in [1.29, 1.82) is 0 Å². The van der Waals surface area contributed by atoms with Crippen molar-refractivity contribution in [3.8, 4) is 0 Å². The average molecular weight is 356 g/mol. The summed E-state index contributed by atoms with van der Waals surface area (Å²) in [6.07, 6.45) is -0.535. The summed E-state index contributed by atoms with van der Waals surface area (Å²) in [6.45, 7) is 3.09. The maximum Gasteiger partial charge on any atom is 0.416 e. The molecule has 2 amide bonds. The fraction of sp³-hybridized carbons (Fsp3) is 0.556. The van der Waals surface area contributed by atoms with Crippen molar-refractivity contribution in [2.24, 2.45) is 0 Å². The van der Waals surface area contributed by atoms with Gasteiger partial charge < -0.3 is 10.6 Å². The molecule has 7 heteroatoms. The molecular formula is C18H23F3N2O2. The molecule has 1 aliphatic rings. The van der Waals surface area contributed by atoms with Crippen LogP contribution in [0.3, 0.4) is 0 Å². The normalized spacial score (nSPS) is 18.3. The van der Waals surface area contributed by atoms with Gasteiger partial charge >= 0.3 is 6.18 Å². The van der Waals surface area contributed by atoms with E-state index in [0.29, 0.717) is 18.4 Å². The maximum atomic E-state index is 12.8. The zero-order valence-electron chi connectivity index (χ0n) is 14.4. The molecule has 4 nitrogen and oxygen atoms in total. The molecular weight excluding hydrogens is 333 g/mol. The molecule has 0 aliphatic heterocycles. The Morgan fingerprint density at radius 2 is 1.64 bits per heavy atom. The van der Waals surface area contributed by atoms with Gasteiger partial charge in [-0.25, -0.2) is 0 Å². The van der Waals surface area contributed by atoms with Crippen LogP contribution in [0.2, 0.25) is 0 Å². The largest absolute Gasteiger partial charge is 0.416 e. The lowest BCUT2D eigenvalue weighted by Crippen LogP contribution is -2.59. The summed E-state index contributed by atoms with van der Waals surface area (Å²) in [7, 11) is 0. The van der Waals surface area contributed by atoms with E-state index in [1.54, 1.807) is 6.92 Å². The minimum absolute atomic E-state index is 0.265. The average Bonchev–Trinajstić information content (AvgIpc) is 2.54. The topological polar surface area (TPSA) is 58.2 Å². The SMILES string of the molecule is CC(=O)NC1(C(=O)NC(C)c2ccc(C(F)(F)F)cc2)CCCCC1. The zero-order valence-corrected chi connectivity index (χ0v) is 14.4. The second kappa shape index (κ2) is 7.45. The second-order valence-electron chi connectivity index (χ2n) is 6.64. The van der Waals surface area contributed by atoms with Crippen molar-refractivity contribution in [3.05, 3.63) is 35.4 Å². The monoisotopic (exact) mass is 356 g/mol. The van der Waals surface area contributed by atoms with Crippen LogP contribution in [0.4, 0.5) is 13.2 Å². The smallest absolute Gasteiger partial charge is 0.348 e. The molecule has 1 unspecified atom stereocenters. The number of amides is 2. The Balaban J connectivity index is 2.10. The molecule has 25 heavy (non-hydrogen) atoms. The Morgan fingerprint density at radius 3 is 2.12 bits per heavy atom. The first-order valence-corrected chi connectivity index (χ1v) is 8.41. The summed E-state index contributed by atoms with van der Waals surface area (Å²) < 4.78 is 37.9. The quantitative estimate of drug-likeness (QED) is 0.864. The van der Waals surface area contributed by atoms with E-state index in [1.165, 1.54) is 19.1 Å². The summed E-state index contributed by atoms with van der Waals surface area (Å²) in [6, 6.07) is 4.27. The third-order valence-electron chi connectivity index (χ3n) is 4.64. The van der Waals surface area contributed by atoms with Gasteiger partial charge in [0.1, 0.15) is 5.54 Å². The van der Waals surface area contributed by atoms with Gasteiger partial charge in [-0.2, -0.15) is 13.2 Å². The minimum atomic E-state index is -4.39. The highest BCUT2D eigenvalue weighted by atomic mass is 19.4. The van der Waals surface area contributed by atoms with Crippen LogP contribution in [0.25, 0.3) is 0 Å². The van der Waals surface area contributed by atoms with E-state index in [2.05, 4.69) is 10.6 Å². The molecule has 138 valence electrons. The fourth-order valence-electron chi connectivity index (χ4n) is 3.28. The summed E-state index contributed by atoms with van der Waals surface area (Å²) >= 11 is 0. The Kier molecular flexibility index (Phi) is 5.75. The molecule has 0 aromatic heterocycles. The van der Waals surface area contributed by atoms with Crippen molar-refractivity contribution in [1.82, 2.24) is 10.6 Å². The first-order valence-electron chi connectivity index (χ1n) is 8.41. The van der Waals surface area contributed by atoms with Crippen molar-refractivity contribution < 1.29 is 22.8 Å². The summed E-state index contributed by atoms with van der Waals surface area (Å²) in [5, 5.41) is 5.62. The van der Waals surface area contributed by atoms with Crippen LogP contribution in [0.1, 0.15) is 63.1 Å². The van der Waals surface area contributed by atoms with Crippen LogP contribution < -0.4 is 10.6 Å². The van der Waals surface area contributed by atoms with E-state index < -0.39 is 23.3 Å². The Bertz CT molecular complexity index is 620. The molecule has 0 bridgehead atoms. The van der Waals surface area contributed by atoms with E-state index in [9.17, 15) is 22.8 Å². The highest BCUT2D eigenvalue weighted by Gasteiger charge is 2.40. The highest BCUT2D eigenvalue weighted by Crippen LogP contribution is 2.31. The maximum absolute atomic E-state index is 12.8. The summed E-state index contributed by atoms with van der Waals surface area (Å²) in [4.78, 5) is 24.3. The fourth-order valence-corrected chi connectivity index (χ4v) is 3.28. The molecule has 0 heterocycles. The van der Waals surface area contributed by atoms with Gasteiger partial charge in [0.25, 0.3) is 0 Å². The Morgan fingerprint density at radius 1 is 1.08 bits per heavy atom. The number of rotatable bonds is 4. The van der Waals surface area contributed by atoms with Crippen molar-refractivity contribution in [2.45, 2.75) is 63.7 Å². The van der Waals surface area contributed by atoms with Crippen LogP contribution in [-0.4, -0.2) is 17.4 Å². The molecule has 0 radical (unpaired) electrons. The van der Waals surface area contributed by atoms with Crippen LogP contribution >= 0.6 is 0 Å². The van der Waals surface area contributed by atoms with Gasteiger partial charge in [-0.15, -0.1) is 0 Å². The van der Waals surface area contributed by atoms with Crippen LogP contribution in [0.5, 0.6) is 0 Å². The van der Waals surface area contributed by atoms with E-state index in [0.717, 1.165) is 31.4 Å². The molecule has 2 rings (SSSR count). The van der Waals surface area contributed by atoms with Gasteiger partial charge in [0.05, 0.1) is 11.6 Å². The predicted octanol–water partition coefficient (Wildman–Crippen LogP) is 3.72. The van der Waals surface area contributed by atoms with Crippen LogP contribution in [0, 0.1) is 0 Å². The van der Waals surface area contributed by atoms with Crippen molar-refractivity contribution in [2.75, 3.05) is 0 Å². The molecule has 0 saturated heterocycles. The molecule has 0 spiro atoms. The summed E-state index contributed by atoms with van der Waals surface area (Å²) in [5.41, 5.74) is -1.07. The van der Waals surface area contributed by atoms with Crippen molar-refractivity contribution >= 4 is 11.8 Å².